The zero-order chi connectivity index (χ0) is 13.2. The Morgan fingerprint density at radius 3 is 2.78 bits per heavy atom. The first kappa shape index (κ1) is 12.8. The van der Waals surface area contributed by atoms with Gasteiger partial charge in [-0.25, -0.2) is 0 Å². The number of rotatable bonds is 5. The molecule has 1 saturated carbocycles. The van der Waals surface area contributed by atoms with Crippen LogP contribution in [-0.4, -0.2) is 23.2 Å². The molecular formula is C14H19N3O. The van der Waals surface area contributed by atoms with Crippen molar-refractivity contribution in [3.8, 4) is 6.07 Å². The Balaban J connectivity index is 2.12. The van der Waals surface area contributed by atoms with Crippen molar-refractivity contribution in [3.05, 3.63) is 23.0 Å². The van der Waals surface area contributed by atoms with Crippen molar-refractivity contribution in [2.24, 2.45) is 5.41 Å². The molecule has 96 valence electrons. The van der Waals surface area contributed by atoms with Crippen LogP contribution in [0.4, 0.5) is 5.69 Å². The maximum Gasteiger partial charge on any atom is 0.103 e. The molecule has 1 aromatic rings. The molecule has 1 aliphatic rings. The minimum Gasteiger partial charge on any atom is -0.396 e. The number of nitrogens with one attached hydrogen (secondary N) is 1. The lowest BCUT2D eigenvalue weighted by atomic mass is 10.0. The number of aryl methyl sites for hydroxylation is 2. The van der Waals surface area contributed by atoms with Crippen molar-refractivity contribution in [2.45, 2.75) is 33.1 Å². The molecule has 4 heteroatoms. The Bertz CT molecular complexity index is 487. The minimum absolute atomic E-state index is 0.237. The van der Waals surface area contributed by atoms with Gasteiger partial charge in [0.25, 0.3) is 0 Å². The summed E-state index contributed by atoms with van der Waals surface area (Å²) in [7, 11) is 0. The van der Waals surface area contributed by atoms with Gasteiger partial charge in [0.2, 0.25) is 0 Å². The summed E-state index contributed by atoms with van der Waals surface area (Å²) in [5.74, 6) is 0. The highest BCUT2D eigenvalue weighted by atomic mass is 16.3. The molecule has 2 rings (SSSR count). The molecule has 2 N–H and O–H groups in total. The molecule has 0 unspecified atom stereocenters. The first-order valence-electron chi connectivity index (χ1n) is 6.33. The summed E-state index contributed by atoms with van der Waals surface area (Å²) in [6.45, 7) is 4.85. The van der Waals surface area contributed by atoms with Crippen LogP contribution >= 0.6 is 0 Å². The number of pyridine rings is 1. The van der Waals surface area contributed by atoms with Crippen LogP contribution in [-0.2, 0) is 0 Å². The standard InChI is InChI=1S/C14H19N3O/c1-10-7-13(12(8-15)11(2)17-10)16-9-14(3-4-14)5-6-18/h7,18H,3-6,9H2,1-2H3,(H,16,17). The van der Waals surface area contributed by atoms with Gasteiger partial charge in [0.05, 0.1) is 16.9 Å². The number of aromatic nitrogens is 1. The second-order valence-corrected chi connectivity index (χ2v) is 5.21. The fourth-order valence-electron chi connectivity index (χ4n) is 2.32. The summed E-state index contributed by atoms with van der Waals surface area (Å²) in [5, 5.41) is 21.6. The lowest BCUT2D eigenvalue weighted by molar-refractivity contribution is 0.253. The molecule has 0 amide bonds. The molecular weight excluding hydrogens is 226 g/mol. The van der Waals surface area contributed by atoms with E-state index in [-0.39, 0.29) is 12.0 Å². The van der Waals surface area contributed by atoms with E-state index < -0.39 is 0 Å². The molecule has 0 aromatic carbocycles. The van der Waals surface area contributed by atoms with Gasteiger partial charge in [-0.1, -0.05) is 0 Å². The van der Waals surface area contributed by atoms with Crippen molar-refractivity contribution in [1.29, 1.82) is 5.26 Å². The first-order valence-corrected chi connectivity index (χ1v) is 6.33. The maximum absolute atomic E-state index is 9.17. The van der Waals surface area contributed by atoms with Crippen molar-refractivity contribution < 1.29 is 5.11 Å². The molecule has 0 bridgehead atoms. The molecule has 0 saturated heterocycles. The van der Waals surface area contributed by atoms with Crippen molar-refractivity contribution in [1.82, 2.24) is 4.98 Å². The first-order chi connectivity index (χ1) is 8.60. The fourth-order valence-corrected chi connectivity index (χ4v) is 2.32. The van der Waals surface area contributed by atoms with Crippen LogP contribution in [0.15, 0.2) is 6.07 Å². The average Bonchev–Trinajstić information content (AvgIpc) is 3.07. The zero-order valence-corrected chi connectivity index (χ0v) is 11.0. The normalized spacial score (nSPS) is 16.1. The van der Waals surface area contributed by atoms with Gasteiger partial charge < -0.3 is 10.4 Å². The van der Waals surface area contributed by atoms with Gasteiger partial charge in [0, 0.05) is 18.8 Å². The van der Waals surface area contributed by atoms with E-state index in [9.17, 15) is 0 Å². The van der Waals surface area contributed by atoms with Gasteiger partial charge in [-0.05, 0) is 44.6 Å². The summed E-state index contributed by atoms with van der Waals surface area (Å²) in [4.78, 5) is 4.30. The number of aliphatic hydroxyl groups excluding tert-OH is 1. The third-order valence-electron chi connectivity index (χ3n) is 3.69. The van der Waals surface area contributed by atoms with Crippen LogP contribution in [0.2, 0.25) is 0 Å². The monoisotopic (exact) mass is 245 g/mol. The number of hydrogen-bond donors (Lipinski definition) is 2. The number of anilines is 1. The van der Waals surface area contributed by atoms with Gasteiger partial charge in [0.1, 0.15) is 6.07 Å². The predicted molar refractivity (Wildman–Crippen MR) is 70.3 cm³/mol. The van der Waals surface area contributed by atoms with Crippen LogP contribution in [0, 0.1) is 30.6 Å². The number of nitrogens with zero attached hydrogens (tertiary/aromatic N) is 2. The van der Waals surface area contributed by atoms with Gasteiger partial charge in [0.15, 0.2) is 0 Å². The largest absolute Gasteiger partial charge is 0.396 e. The van der Waals surface area contributed by atoms with E-state index in [0.717, 1.165) is 42.9 Å². The molecule has 4 nitrogen and oxygen atoms in total. The summed E-state index contributed by atoms with van der Waals surface area (Å²) in [5.41, 5.74) is 3.42. The third-order valence-corrected chi connectivity index (χ3v) is 3.69. The summed E-state index contributed by atoms with van der Waals surface area (Å²) >= 11 is 0. The van der Waals surface area contributed by atoms with Crippen LogP contribution in [0.3, 0.4) is 0 Å². The predicted octanol–water partition coefficient (Wildman–Crippen LogP) is 2.14. The average molecular weight is 245 g/mol. The lowest BCUT2D eigenvalue weighted by Crippen LogP contribution is -2.17. The fraction of sp³-hybridized carbons (Fsp3) is 0.571. The zero-order valence-electron chi connectivity index (χ0n) is 11.0. The van der Waals surface area contributed by atoms with Gasteiger partial charge >= 0.3 is 0 Å². The topological polar surface area (TPSA) is 68.9 Å². The van der Waals surface area contributed by atoms with Crippen LogP contribution < -0.4 is 5.32 Å². The Morgan fingerprint density at radius 1 is 1.50 bits per heavy atom. The van der Waals surface area contributed by atoms with E-state index in [1.54, 1.807) is 0 Å². The quantitative estimate of drug-likeness (QED) is 0.834. The van der Waals surface area contributed by atoms with Crippen molar-refractivity contribution >= 4 is 5.69 Å². The van der Waals surface area contributed by atoms with Crippen LogP contribution in [0.5, 0.6) is 0 Å². The highest BCUT2D eigenvalue weighted by Crippen LogP contribution is 2.48. The third kappa shape index (κ3) is 2.62. The Hall–Kier alpha value is -1.60. The van der Waals surface area contributed by atoms with E-state index in [2.05, 4.69) is 16.4 Å². The molecule has 0 aliphatic heterocycles. The number of hydrogen-bond acceptors (Lipinski definition) is 4. The second-order valence-electron chi connectivity index (χ2n) is 5.21. The van der Waals surface area contributed by atoms with Crippen molar-refractivity contribution in [3.63, 3.8) is 0 Å². The maximum atomic E-state index is 9.17. The molecule has 0 spiro atoms. The Kier molecular flexibility index (Phi) is 3.53. The lowest BCUT2D eigenvalue weighted by Gasteiger charge is -2.17. The molecule has 0 atom stereocenters. The molecule has 0 radical (unpaired) electrons. The highest BCUT2D eigenvalue weighted by molar-refractivity contribution is 5.60. The summed E-state index contributed by atoms with van der Waals surface area (Å²) < 4.78 is 0. The number of aliphatic hydroxyl groups is 1. The Morgan fingerprint density at radius 2 is 2.22 bits per heavy atom. The molecule has 1 fully saturated rings. The van der Waals surface area contributed by atoms with Crippen molar-refractivity contribution in [2.75, 3.05) is 18.5 Å². The van der Waals surface area contributed by atoms with Gasteiger partial charge in [-0.15, -0.1) is 0 Å². The smallest absolute Gasteiger partial charge is 0.103 e. The van der Waals surface area contributed by atoms with Gasteiger partial charge in [-0.3, -0.25) is 4.98 Å². The van der Waals surface area contributed by atoms with Gasteiger partial charge in [-0.2, -0.15) is 5.26 Å². The summed E-state index contributed by atoms with van der Waals surface area (Å²) in [6, 6.07) is 4.12. The molecule has 1 heterocycles. The molecule has 1 aliphatic carbocycles. The molecule has 1 aromatic heterocycles. The minimum atomic E-state index is 0.237. The molecule has 18 heavy (non-hydrogen) atoms. The second kappa shape index (κ2) is 4.95. The SMILES string of the molecule is Cc1cc(NCC2(CCO)CC2)c(C#N)c(C)n1. The van der Waals surface area contributed by atoms with E-state index in [1.807, 2.05) is 19.9 Å². The van der Waals surface area contributed by atoms with E-state index in [0.29, 0.717) is 5.56 Å². The van der Waals surface area contributed by atoms with E-state index in [1.165, 1.54) is 0 Å². The summed E-state index contributed by atoms with van der Waals surface area (Å²) in [6.07, 6.45) is 3.15. The van der Waals surface area contributed by atoms with Crippen LogP contribution in [0.25, 0.3) is 0 Å². The van der Waals surface area contributed by atoms with E-state index in [4.69, 9.17) is 10.4 Å². The van der Waals surface area contributed by atoms with E-state index >= 15 is 0 Å². The highest BCUT2D eigenvalue weighted by Gasteiger charge is 2.41. The number of nitriles is 1. The van der Waals surface area contributed by atoms with Crippen LogP contribution in [0.1, 0.15) is 36.2 Å². The Labute approximate surface area is 108 Å².